The van der Waals surface area contributed by atoms with Crippen LogP contribution in [0.3, 0.4) is 0 Å². The number of piperidine rings is 3. The van der Waals surface area contributed by atoms with Gasteiger partial charge >= 0.3 is 6.18 Å². The molecule has 5 heterocycles. The third kappa shape index (κ3) is 2.56. The number of hydroxylamine groups is 1. The lowest BCUT2D eigenvalue weighted by Crippen LogP contribution is -2.59. The third-order valence-corrected chi connectivity index (χ3v) is 6.14. The zero-order valence-corrected chi connectivity index (χ0v) is 14.3. The molecule has 4 nitrogen and oxygen atoms in total. The summed E-state index contributed by atoms with van der Waals surface area (Å²) in [4.78, 5) is 13.2. The van der Waals surface area contributed by atoms with Gasteiger partial charge in [-0.2, -0.15) is 13.2 Å². The SMILES string of the molecule is FC(F)(F)c1ccc2cnc(N3CC[C@@]4(CN5CCC4CC5)O3)cc2c1. The molecule has 7 heteroatoms. The first-order chi connectivity index (χ1) is 12.4. The predicted molar refractivity (Wildman–Crippen MR) is 91.7 cm³/mol. The molecule has 4 aliphatic heterocycles. The lowest BCUT2D eigenvalue weighted by atomic mass is 9.74. The van der Waals surface area contributed by atoms with Crippen LogP contribution in [-0.4, -0.2) is 41.7 Å². The van der Waals surface area contributed by atoms with Crippen molar-refractivity contribution in [3.63, 3.8) is 0 Å². The minimum absolute atomic E-state index is 0.152. The molecule has 2 bridgehead atoms. The van der Waals surface area contributed by atoms with Crippen molar-refractivity contribution in [1.29, 1.82) is 0 Å². The number of alkyl halides is 3. The number of pyridine rings is 1. The van der Waals surface area contributed by atoms with Gasteiger partial charge in [0, 0.05) is 24.5 Å². The minimum atomic E-state index is -4.35. The minimum Gasteiger partial charge on any atom is -0.300 e. The molecule has 2 aromatic rings. The molecule has 1 spiro atoms. The highest BCUT2D eigenvalue weighted by atomic mass is 19.4. The van der Waals surface area contributed by atoms with Gasteiger partial charge in [-0.25, -0.2) is 10.0 Å². The summed E-state index contributed by atoms with van der Waals surface area (Å²) in [6, 6.07) is 5.44. The van der Waals surface area contributed by atoms with E-state index in [4.69, 9.17) is 4.84 Å². The van der Waals surface area contributed by atoms with E-state index in [-0.39, 0.29) is 5.60 Å². The number of rotatable bonds is 1. The van der Waals surface area contributed by atoms with Gasteiger partial charge in [-0.15, -0.1) is 0 Å². The molecule has 0 aliphatic carbocycles. The highest BCUT2D eigenvalue weighted by molar-refractivity contribution is 5.84. The fourth-order valence-electron chi connectivity index (χ4n) is 4.72. The number of benzene rings is 1. The van der Waals surface area contributed by atoms with Crippen molar-refractivity contribution in [2.75, 3.05) is 31.2 Å². The fourth-order valence-corrected chi connectivity index (χ4v) is 4.72. The van der Waals surface area contributed by atoms with Crippen molar-refractivity contribution >= 4 is 16.6 Å². The summed E-state index contributed by atoms with van der Waals surface area (Å²) in [5.74, 6) is 1.15. The average Bonchev–Trinajstić information content (AvgIpc) is 3.04. The van der Waals surface area contributed by atoms with Crippen LogP contribution in [0.15, 0.2) is 30.5 Å². The molecular weight excluding hydrogens is 343 g/mol. The average molecular weight is 363 g/mol. The Balaban J connectivity index is 1.44. The Morgan fingerprint density at radius 3 is 2.58 bits per heavy atom. The van der Waals surface area contributed by atoms with Gasteiger partial charge in [0.1, 0.15) is 5.60 Å². The number of halogens is 3. The molecule has 0 radical (unpaired) electrons. The first-order valence-electron chi connectivity index (χ1n) is 9.09. The van der Waals surface area contributed by atoms with Crippen molar-refractivity contribution < 1.29 is 18.0 Å². The number of nitrogens with zero attached hydrogens (tertiary/aromatic N) is 3. The van der Waals surface area contributed by atoms with Crippen LogP contribution in [0.25, 0.3) is 10.8 Å². The van der Waals surface area contributed by atoms with E-state index in [9.17, 15) is 13.2 Å². The Kier molecular flexibility index (Phi) is 3.49. The lowest BCUT2D eigenvalue weighted by Gasteiger charge is -2.50. The van der Waals surface area contributed by atoms with E-state index in [2.05, 4.69) is 9.88 Å². The summed E-state index contributed by atoms with van der Waals surface area (Å²) in [6.07, 6.45) is 0.537. The van der Waals surface area contributed by atoms with Gasteiger partial charge < -0.3 is 4.90 Å². The van der Waals surface area contributed by atoms with Gasteiger partial charge in [0.2, 0.25) is 0 Å². The quantitative estimate of drug-likeness (QED) is 0.769. The maximum Gasteiger partial charge on any atom is 0.416 e. The molecule has 0 N–H and O–H groups in total. The molecule has 1 atom stereocenters. The number of hydrogen-bond donors (Lipinski definition) is 0. The first kappa shape index (κ1) is 16.3. The molecule has 4 saturated heterocycles. The van der Waals surface area contributed by atoms with Crippen LogP contribution in [0, 0.1) is 5.92 Å². The van der Waals surface area contributed by atoms with Gasteiger partial charge in [-0.3, -0.25) is 4.84 Å². The van der Waals surface area contributed by atoms with Crippen LogP contribution in [0.2, 0.25) is 0 Å². The molecule has 1 aromatic carbocycles. The summed E-state index contributed by atoms with van der Waals surface area (Å²) >= 11 is 0. The third-order valence-electron chi connectivity index (χ3n) is 6.14. The Morgan fingerprint density at radius 1 is 1.08 bits per heavy atom. The van der Waals surface area contributed by atoms with E-state index in [0.29, 0.717) is 22.5 Å². The van der Waals surface area contributed by atoms with E-state index in [1.54, 1.807) is 17.3 Å². The second-order valence-corrected chi connectivity index (χ2v) is 7.66. The highest BCUT2D eigenvalue weighted by Crippen LogP contribution is 2.45. The van der Waals surface area contributed by atoms with Crippen LogP contribution in [0.5, 0.6) is 0 Å². The second-order valence-electron chi connectivity index (χ2n) is 7.66. The van der Waals surface area contributed by atoms with Crippen LogP contribution in [0.4, 0.5) is 19.0 Å². The number of aromatic nitrogens is 1. The smallest absolute Gasteiger partial charge is 0.300 e. The molecule has 26 heavy (non-hydrogen) atoms. The van der Waals surface area contributed by atoms with Crippen molar-refractivity contribution in [3.8, 4) is 0 Å². The summed E-state index contributed by atoms with van der Waals surface area (Å²) in [7, 11) is 0. The first-order valence-corrected chi connectivity index (χ1v) is 9.09. The van der Waals surface area contributed by atoms with Gasteiger partial charge in [0.15, 0.2) is 5.82 Å². The van der Waals surface area contributed by atoms with Crippen LogP contribution in [0.1, 0.15) is 24.8 Å². The van der Waals surface area contributed by atoms with E-state index in [0.717, 1.165) is 51.5 Å². The largest absolute Gasteiger partial charge is 0.416 e. The lowest BCUT2D eigenvalue weighted by molar-refractivity contribution is -0.137. The molecule has 0 amide bonds. The van der Waals surface area contributed by atoms with Crippen molar-refractivity contribution in [1.82, 2.24) is 9.88 Å². The molecule has 0 saturated carbocycles. The van der Waals surface area contributed by atoms with Crippen molar-refractivity contribution in [2.24, 2.45) is 5.92 Å². The summed E-state index contributed by atoms with van der Waals surface area (Å²) in [6.45, 7) is 3.95. The van der Waals surface area contributed by atoms with Crippen molar-refractivity contribution in [2.45, 2.75) is 31.0 Å². The molecule has 1 aromatic heterocycles. The predicted octanol–water partition coefficient (Wildman–Crippen LogP) is 3.86. The standard InChI is InChI=1S/C19H20F3N3O/c20-19(21,22)16-2-1-13-11-23-17(10-14(13)9-16)25-8-5-18(26-25)12-24-6-3-15(18)4-7-24/h1-2,9-11,15H,3-8,12H2/t18-/m0/s1. The van der Waals surface area contributed by atoms with Gasteiger partial charge in [0.25, 0.3) is 0 Å². The van der Waals surface area contributed by atoms with E-state index >= 15 is 0 Å². The summed E-state index contributed by atoms with van der Waals surface area (Å²) in [5, 5.41) is 3.00. The fraction of sp³-hybridized carbons (Fsp3) is 0.526. The van der Waals surface area contributed by atoms with Crippen molar-refractivity contribution in [3.05, 3.63) is 36.0 Å². The molecule has 6 rings (SSSR count). The van der Waals surface area contributed by atoms with Crippen LogP contribution in [-0.2, 0) is 11.0 Å². The highest BCUT2D eigenvalue weighted by Gasteiger charge is 2.52. The van der Waals surface area contributed by atoms with Gasteiger partial charge in [-0.1, -0.05) is 6.07 Å². The number of fused-ring (bicyclic) bond motifs is 3. The monoisotopic (exact) mass is 363 g/mol. The van der Waals surface area contributed by atoms with E-state index in [1.165, 1.54) is 12.1 Å². The normalized spacial score (nSPS) is 31.3. The zero-order valence-electron chi connectivity index (χ0n) is 14.3. The molecular formula is C19H20F3N3O. The number of anilines is 1. The Morgan fingerprint density at radius 2 is 1.88 bits per heavy atom. The molecule has 4 aliphatic rings. The Labute approximate surface area is 149 Å². The maximum absolute atomic E-state index is 13.0. The summed E-state index contributed by atoms with van der Waals surface area (Å²) < 4.78 is 39.0. The molecule has 138 valence electrons. The maximum atomic E-state index is 13.0. The Bertz CT molecular complexity index is 848. The number of hydrogen-bond acceptors (Lipinski definition) is 4. The van der Waals surface area contributed by atoms with Gasteiger partial charge in [-0.05, 0) is 55.4 Å². The van der Waals surface area contributed by atoms with E-state index < -0.39 is 11.7 Å². The molecule has 4 fully saturated rings. The topological polar surface area (TPSA) is 28.6 Å². The van der Waals surface area contributed by atoms with Gasteiger partial charge in [0.05, 0.1) is 12.1 Å². The summed E-state index contributed by atoms with van der Waals surface area (Å²) in [5.41, 5.74) is -0.792. The van der Waals surface area contributed by atoms with Crippen LogP contribution < -0.4 is 5.06 Å². The Hall–Kier alpha value is -1.86. The van der Waals surface area contributed by atoms with E-state index in [1.807, 2.05) is 0 Å². The van der Waals surface area contributed by atoms with Crippen LogP contribution >= 0.6 is 0 Å². The second kappa shape index (κ2) is 5.57. The zero-order chi connectivity index (χ0) is 17.9. The molecule has 0 unspecified atom stereocenters.